The van der Waals surface area contributed by atoms with Crippen molar-refractivity contribution in [2.45, 2.75) is 20.3 Å². The zero-order valence-corrected chi connectivity index (χ0v) is 12.8. The van der Waals surface area contributed by atoms with Crippen LogP contribution in [0.3, 0.4) is 0 Å². The van der Waals surface area contributed by atoms with Gasteiger partial charge in [-0.2, -0.15) is 0 Å². The topological polar surface area (TPSA) is 58.6 Å². The Kier molecular flexibility index (Phi) is 4.63. The molecule has 0 radical (unpaired) electrons. The maximum Gasteiger partial charge on any atom is 0.242 e. The van der Waals surface area contributed by atoms with Crippen LogP contribution in [0.25, 0.3) is 0 Å². The van der Waals surface area contributed by atoms with E-state index in [0.29, 0.717) is 19.7 Å². The third kappa shape index (κ3) is 3.08. The van der Waals surface area contributed by atoms with Gasteiger partial charge < -0.3 is 15.0 Å². The number of nitrogens with zero attached hydrogens (tertiary/aromatic N) is 1. The molecule has 1 aromatic rings. The zero-order valence-electron chi connectivity index (χ0n) is 12.8. The Morgan fingerprint density at radius 3 is 2.76 bits per heavy atom. The maximum atomic E-state index is 12.7. The molecule has 0 atom stereocenters. The molecule has 1 heterocycles. The van der Waals surface area contributed by atoms with Gasteiger partial charge >= 0.3 is 0 Å². The number of ether oxygens (including phenoxy) is 1. The number of nitrogens with one attached hydrogen (secondary N) is 1. The quantitative estimate of drug-likeness (QED) is 0.658. The van der Waals surface area contributed by atoms with Gasteiger partial charge in [-0.25, -0.2) is 0 Å². The normalized spacial score (nSPS) is 14.0. The van der Waals surface area contributed by atoms with Crippen molar-refractivity contribution in [2.24, 2.45) is 5.41 Å². The van der Waals surface area contributed by atoms with Crippen LogP contribution in [0.1, 0.15) is 19.4 Å². The molecule has 5 heteroatoms. The number of amides is 2. The summed E-state index contributed by atoms with van der Waals surface area (Å²) in [5.74, 6) is -0.434. The molecule has 114 valence electrons. The molecule has 0 saturated heterocycles. The molecule has 1 aromatic carbocycles. The molecule has 0 aromatic heterocycles. The van der Waals surface area contributed by atoms with Crippen molar-refractivity contribution >= 4 is 17.5 Å². The van der Waals surface area contributed by atoms with Gasteiger partial charge in [0, 0.05) is 25.9 Å². The van der Waals surface area contributed by atoms with E-state index in [4.69, 9.17) is 4.74 Å². The van der Waals surface area contributed by atoms with E-state index in [-0.39, 0.29) is 11.8 Å². The molecule has 0 fully saturated rings. The number of fused-ring (bicyclic) bond motifs is 1. The molecule has 0 spiro atoms. The van der Waals surface area contributed by atoms with Crippen LogP contribution in [0.15, 0.2) is 24.3 Å². The summed E-state index contributed by atoms with van der Waals surface area (Å²) in [6, 6.07) is 7.83. The van der Waals surface area contributed by atoms with E-state index in [1.807, 2.05) is 24.3 Å². The first-order valence-corrected chi connectivity index (χ1v) is 7.15. The number of anilines is 1. The van der Waals surface area contributed by atoms with Crippen molar-refractivity contribution in [1.82, 2.24) is 5.32 Å². The average Bonchev–Trinajstić information content (AvgIpc) is 2.90. The molecule has 0 unspecified atom stereocenters. The molecule has 0 saturated carbocycles. The fourth-order valence-corrected chi connectivity index (χ4v) is 2.47. The number of carbonyl (C=O) groups is 2. The monoisotopic (exact) mass is 290 g/mol. The van der Waals surface area contributed by atoms with Crippen LogP contribution in [-0.2, 0) is 20.7 Å². The lowest BCUT2D eigenvalue weighted by molar-refractivity contribution is -0.139. The third-order valence-electron chi connectivity index (χ3n) is 3.83. The summed E-state index contributed by atoms with van der Waals surface area (Å²) in [4.78, 5) is 26.7. The lowest BCUT2D eigenvalue weighted by Crippen LogP contribution is -2.49. The minimum absolute atomic E-state index is 0.164. The Labute approximate surface area is 125 Å². The van der Waals surface area contributed by atoms with Gasteiger partial charge in [-0.1, -0.05) is 18.2 Å². The lowest BCUT2D eigenvalue weighted by atomic mass is 9.90. The van der Waals surface area contributed by atoms with E-state index in [9.17, 15) is 9.59 Å². The molecular formula is C16H22N2O3. The highest BCUT2D eigenvalue weighted by atomic mass is 16.5. The van der Waals surface area contributed by atoms with Crippen LogP contribution in [-0.4, -0.2) is 38.6 Å². The summed E-state index contributed by atoms with van der Waals surface area (Å²) >= 11 is 0. The molecular weight excluding hydrogens is 268 g/mol. The Balaban J connectivity index is 2.10. The summed E-state index contributed by atoms with van der Waals surface area (Å²) in [7, 11) is 1.57. The highest BCUT2D eigenvalue weighted by molar-refractivity contribution is 6.11. The van der Waals surface area contributed by atoms with E-state index >= 15 is 0 Å². The lowest BCUT2D eigenvalue weighted by Gasteiger charge is -2.28. The highest BCUT2D eigenvalue weighted by Crippen LogP contribution is 2.31. The van der Waals surface area contributed by atoms with Crippen LogP contribution in [0.5, 0.6) is 0 Å². The summed E-state index contributed by atoms with van der Waals surface area (Å²) in [6.07, 6.45) is 0.837. The molecule has 0 bridgehead atoms. The molecule has 0 aliphatic carbocycles. The highest BCUT2D eigenvalue weighted by Gasteiger charge is 2.41. The summed E-state index contributed by atoms with van der Waals surface area (Å²) in [5, 5.41) is 2.74. The van der Waals surface area contributed by atoms with E-state index < -0.39 is 5.41 Å². The van der Waals surface area contributed by atoms with E-state index in [0.717, 1.165) is 17.7 Å². The third-order valence-corrected chi connectivity index (χ3v) is 3.83. The van der Waals surface area contributed by atoms with Gasteiger partial charge in [0.15, 0.2) is 0 Å². The zero-order chi connectivity index (χ0) is 15.5. The van der Waals surface area contributed by atoms with E-state index in [1.165, 1.54) is 0 Å². The summed E-state index contributed by atoms with van der Waals surface area (Å²) in [6.45, 7) is 4.80. The first-order valence-electron chi connectivity index (χ1n) is 7.15. The van der Waals surface area contributed by atoms with Gasteiger partial charge in [0.05, 0.1) is 6.61 Å². The van der Waals surface area contributed by atoms with Crippen molar-refractivity contribution in [2.75, 3.05) is 31.7 Å². The van der Waals surface area contributed by atoms with Crippen molar-refractivity contribution in [3.8, 4) is 0 Å². The number of rotatable bonds is 5. The largest absolute Gasteiger partial charge is 0.383 e. The second kappa shape index (κ2) is 6.26. The van der Waals surface area contributed by atoms with Gasteiger partial charge in [0.25, 0.3) is 0 Å². The predicted molar refractivity (Wildman–Crippen MR) is 81.2 cm³/mol. The van der Waals surface area contributed by atoms with Gasteiger partial charge in [0.1, 0.15) is 5.41 Å². The second-order valence-corrected chi connectivity index (χ2v) is 5.71. The molecule has 1 N–H and O–H groups in total. The summed E-state index contributed by atoms with van der Waals surface area (Å²) < 4.78 is 4.90. The molecule has 21 heavy (non-hydrogen) atoms. The van der Waals surface area contributed by atoms with Gasteiger partial charge in [-0.15, -0.1) is 0 Å². The van der Waals surface area contributed by atoms with Gasteiger partial charge in [0.2, 0.25) is 11.8 Å². The first kappa shape index (κ1) is 15.5. The fraction of sp³-hybridized carbons (Fsp3) is 0.500. The number of benzene rings is 1. The molecule has 2 amide bonds. The van der Waals surface area contributed by atoms with Crippen molar-refractivity contribution in [1.29, 1.82) is 0 Å². The first-order chi connectivity index (χ1) is 9.98. The predicted octanol–water partition coefficient (Wildman–Crippen LogP) is 1.36. The number of para-hydroxylation sites is 1. The minimum Gasteiger partial charge on any atom is -0.383 e. The molecule has 1 aliphatic heterocycles. The van der Waals surface area contributed by atoms with Crippen LogP contribution < -0.4 is 10.2 Å². The summed E-state index contributed by atoms with van der Waals surface area (Å²) in [5.41, 5.74) is 0.979. The van der Waals surface area contributed by atoms with Crippen LogP contribution >= 0.6 is 0 Å². The number of hydrogen-bond donors (Lipinski definition) is 1. The number of hydrogen-bond acceptors (Lipinski definition) is 3. The molecule has 5 nitrogen and oxygen atoms in total. The van der Waals surface area contributed by atoms with Crippen molar-refractivity contribution in [3.63, 3.8) is 0 Å². The minimum atomic E-state index is -1.09. The van der Waals surface area contributed by atoms with E-state index in [2.05, 4.69) is 5.32 Å². The standard InChI is InChI=1S/C16H22N2O3/c1-16(2,14(19)17-9-11-21-3)15(20)18-10-8-12-6-4-5-7-13(12)18/h4-7H,8-11H2,1-3H3,(H,17,19). The Morgan fingerprint density at radius 2 is 2.05 bits per heavy atom. The second-order valence-electron chi connectivity index (χ2n) is 5.71. The molecule has 1 aliphatic rings. The SMILES string of the molecule is COCCNC(=O)C(C)(C)C(=O)N1CCc2ccccc21. The Morgan fingerprint density at radius 1 is 1.33 bits per heavy atom. The fourth-order valence-electron chi connectivity index (χ4n) is 2.47. The smallest absolute Gasteiger partial charge is 0.242 e. The van der Waals surface area contributed by atoms with Gasteiger partial charge in [-0.05, 0) is 31.9 Å². The number of methoxy groups -OCH3 is 1. The average molecular weight is 290 g/mol. The Hall–Kier alpha value is -1.88. The van der Waals surface area contributed by atoms with Gasteiger partial charge in [-0.3, -0.25) is 9.59 Å². The van der Waals surface area contributed by atoms with Crippen LogP contribution in [0.2, 0.25) is 0 Å². The maximum absolute atomic E-state index is 12.7. The molecule has 2 rings (SSSR count). The van der Waals surface area contributed by atoms with Crippen molar-refractivity contribution in [3.05, 3.63) is 29.8 Å². The number of carbonyl (C=O) groups excluding carboxylic acids is 2. The van der Waals surface area contributed by atoms with E-state index in [1.54, 1.807) is 25.9 Å². The Bertz CT molecular complexity index is 540. The van der Waals surface area contributed by atoms with Crippen LogP contribution in [0.4, 0.5) is 5.69 Å². The van der Waals surface area contributed by atoms with Crippen LogP contribution in [0, 0.1) is 5.41 Å². The van der Waals surface area contributed by atoms with Crippen molar-refractivity contribution < 1.29 is 14.3 Å².